The first kappa shape index (κ1) is 16.9. The van der Waals surface area contributed by atoms with Gasteiger partial charge in [0.25, 0.3) is 0 Å². The van der Waals surface area contributed by atoms with Crippen LogP contribution >= 0.6 is 0 Å². The molecular formula is C16H35N3. The molecule has 19 heavy (non-hydrogen) atoms. The lowest BCUT2D eigenvalue weighted by atomic mass is 9.92. The summed E-state index contributed by atoms with van der Waals surface area (Å²) >= 11 is 0. The molecule has 1 unspecified atom stereocenters. The van der Waals surface area contributed by atoms with Crippen molar-refractivity contribution >= 4 is 0 Å². The molecule has 1 fully saturated rings. The van der Waals surface area contributed by atoms with Gasteiger partial charge in [0.1, 0.15) is 0 Å². The summed E-state index contributed by atoms with van der Waals surface area (Å²) in [7, 11) is 4.52. The van der Waals surface area contributed by atoms with Gasteiger partial charge in [-0.2, -0.15) is 0 Å². The lowest BCUT2D eigenvalue weighted by molar-refractivity contribution is 0.182. The molecule has 0 spiro atoms. The van der Waals surface area contributed by atoms with E-state index in [1.807, 2.05) is 0 Å². The first-order valence-corrected chi connectivity index (χ1v) is 7.86. The van der Waals surface area contributed by atoms with E-state index in [0.717, 1.165) is 24.9 Å². The second-order valence-electron chi connectivity index (χ2n) is 7.80. The van der Waals surface area contributed by atoms with E-state index in [2.05, 4.69) is 56.9 Å². The topological polar surface area (TPSA) is 18.5 Å². The Labute approximate surface area is 120 Å². The number of nitrogens with zero attached hydrogens (tertiary/aromatic N) is 2. The number of rotatable bonds is 8. The SMILES string of the molecule is CC(C)CNCC(C)(C)CN(C)CC1CCN(C)C1. The molecule has 0 aliphatic carbocycles. The van der Waals surface area contributed by atoms with E-state index in [9.17, 15) is 0 Å². The lowest BCUT2D eigenvalue weighted by Crippen LogP contribution is -2.41. The van der Waals surface area contributed by atoms with E-state index in [1.165, 1.54) is 32.6 Å². The summed E-state index contributed by atoms with van der Waals surface area (Å²) in [5.41, 5.74) is 0.355. The molecule has 1 rings (SSSR count). The van der Waals surface area contributed by atoms with E-state index in [-0.39, 0.29) is 0 Å². The van der Waals surface area contributed by atoms with Crippen LogP contribution in [0.4, 0.5) is 0 Å². The van der Waals surface area contributed by atoms with Crippen molar-refractivity contribution in [2.45, 2.75) is 34.1 Å². The third-order valence-electron chi connectivity index (χ3n) is 3.91. The van der Waals surface area contributed by atoms with Crippen LogP contribution in [0.1, 0.15) is 34.1 Å². The normalized spacial score (nSPS) is 21.8. The summed E-state index contributed by atoms with van der Waals surface area (Å²) in [6.45, 7) is 16.5. The van der Waals surface area contributed by atoms with Crippen LogP contribution in [0.3, 0.4) is 0 Å². The molecule has 1 saturated heterocycles. The Hall–Kier alpha value is -0.120. The summed E-state index contributed by atoms with van der Waals surface area (Å²) in [6, 6.07) is 0. The number of hydrogen-bond acceptors (Lipinski definition) is 3. The van der Waals surface area contributed by atoms with E-state index >= 15 is 0 Å². The fourth-order valence-electron chi connectivity index (χ4n) is 3.17. The monoisotopic (exact) mass is 269 g/mol. The Balaban J connectivity index is 2.23. The lowest BCUT2D eigenvalue weighted by Gasteiger charge is -2.32. The average molecular weight is 269 g/mol. The van der Waals surface area contributed by atoms with Crippen molar-refractivity contribution < 1.29 is 0 Å². The van der Waals surface area contributed by atoms with E-state index in [1.54, 1.807) is 0 Å². The van der Waals surface area contributed by atoms with Gasteiger partial charge in [-0.05, 0) is 50.9 Å². The molecule has 0 saturated carbocycles. The van der Waals surface area contributed by atoms with Crippen LogP contribution in [0.5, 0.6) is 0 Å². The molecule has 0 radical (unpaired) electrons. The molecule has 1 aliphatic rings. The third kappa shape index (κ3) is 7.28. The third-order valence-corrected chi connectivity index (χ3v) is 3.91. The molecule has 114 valence electrons. The largest absolute Gasteiger partial charge is 0.316 e. The van der Waals surface area contributed by atoms with Crippen LogP contribution in [0, 0.1) is 17.3 Å². The zero-order valence-electron chi connectivity index (χ0n) is 14.0. The van der Waals surface area contributed by atoms with Crippen molar-refractivity contribution in [2.24, 2.45) is 17.3 Å². The minimum atomic E-state index is 0.355. The highest BCUT2D eigenvalue weighted by molar-refractivity contribution is 4.79. The molecule has 1 aliphatic heterocycles. The molecule has 1 heterocycles. The second kappa shape index (κ2) is 7.61. The molecule has 1 atom stereocenters. The summed E-state index contributed by atoms with van der Waals surface area (Å²) in [5.74, 6) is 1.61. The Morgan fingerprint density at radius 3 is 2.58 bits per heavy atom. The van der Waals surface area contributed by atoms with Gasteiger partial charge in [-0.3, -0.25) is 0 Å². The highest BCUT2D eigenvalue weighted by Gasteiger charge is 2.24. The zero-order valence-corrected chi connectivity index (χ0v) is 14.0. The highest BCUT2D eigenvalue weighted by atomic mass is 15.2. The fraction of sp³-hybridized carbons (Fsp3) is 1.00. The maximum Gasteiger partial charge on any atom is 0.00419 e. The van der Waals surface area contributed by atoms with Crippen molar-refractivity contribution in [1.29, 1.82) is 0 Å². The van der Waals surface area contributed by atoms with Crippen molar-refractivity contribution in [2.75, 3.05) is 53.4 Å². The summed E-state index contributed by atoms with van der Waals surface area (Å²) < 4.78 is 0. The summed E-state index contributed by atoms with van der Waals surface area (Å²) in [4.78, 5) is 4.98. The Morgan fingerprint density at radius 1 is 1.37 bits per heavy atom. The van der Waals surface area contributed by atoms with Crippen molar-refractivity contribution in [3.63, 3.8) is 0 Å². The van der Waals surface area contributed by atoms with Gasteiger partial charge >= 0.3 is 0 Å². The molecular weight excluding hydrogens is 234 g/mol. The molecule has 3 heteroatoms. The molecule has 0 aromatic heterocycles. The molecule has 0 aromatic rings. The van der Waals surface area contributed by atoms with E-state index in [4.69, 9.17) is 0 Å². The van der Waals surface area contributed by atoms with E-state index in [0.29, 0.717) is 5.41 Å². The van der Waals surface area contributed by atoms with Gasteiger partial charge in [-0.1, -0.05) is 27.7 Å². The van der Waals surface area contributed by atoms with Crippen LogP contribution in [-0.2, 0) is 0 Å². The van der Waals surface area contributed by atoms with Crippen LogP contribution in [0.15, 0.2) is 0 Å². The first-order chi connectivity index (χ1) is 8.78. The maximum atomic E-state index is 3.60. The summed E-state index contributed by atoms with van der Waals surface area (Å²) in [6.07, 6.45) is 1.37. The number of nitrogens with one attached hydrogen (secondary N) is 1. The zero-order chi connectivity index (χ0) is 14.5. The van der Waals surface area contributed by atoms with Crippen molar-refractivity contribution in [1.82, 2.24) is 15.1 Å². The first-order valence-electron chi connectivity index (χ1n) is 7.86. The van der Waals surface area contributed by atoms with Gasteiger partial charge in [0, 0.05) is 26.2 Å². The van der Waals surface area contributed by atoms with Crippen LogP contribution in [-0.4, -0.2) is 63.2 Å². The van der Waals surface area contributed by atoms with Gasteiger partial charge in [-0.25, -0.2) is 0 Å². The van der Waals surface area contributed by atoms with E-state index < -0.39 is 0 Å². The average Bonchev–Trinajstić information content (AvgIpc) is 2.61. The smallest absolute Gasteiger partial charge is 0.00419 e. The molecule has 0 aromatic carbocycles. The van der Waals surface area contributed by atoms with Gasteiger partial charge in [-0.15, -0.1) is 0 Å². The molecule has 3 nitrogen and oxygen atoms in total. The van der Waals surface area contributed by atoms with Gasteiger partial charge in [0.2, 0.25) is 0 Å². The highest BCUT2D eigenvalue weighted by Crippen LogP contribution is 2.19. The predicted octanol–water partition coefficient (Wildman–Crippen LogP) is 2.14. The minimum absolute atomic E-state index is 0.355. The maximum absolute atomic E-state index is 3.60. The quantitative estimate of drug-likeness (QED) is 0.728. The Morgan fingerprint density at radius 2 is 2.05 bits per heavy atom. The van der Waals surface area contributed by atoms with Crippen molar-refractivity contribution in [3.05, 3.63) is 0 Å². The summed E-state index contributed by atoms with van der Waals surface area (Å²) in [5, 5.41) is 3.60. The molecule has 0 amide bonds. The fourth-order valence-corrected chi connectivity index (χ4v) is 3.17. The van der Waals surface area contributed by atoms with Crippen molar-refractivity contribution in [3.8, 4) is 0 Å². The molecule has 1 N–H and O–H groups in total. The number of likely N-dealkylation sites (tertiary alicyclic amines) is 1. The Bertz CT molecular complexity index is 250. The molecule has 0 bridgehead atoms. The van der Waals surface area contributed by atoms with Gasteiger partial charge in [0.05, 0.1) is 0 Å². The second-order valence-corrected chi connectivity index (χ2v) is 7.80. The van der Waals surface area contributed by atoms with Gasteiger partial charge in [0.15, 0.2) is 0 Å². The van der Waals surface area contributed by atoms with Crippen LogP contribution < -0.4 is 5.32 Å². The predicted molar refractivity (Wildman–Crippen MR) is 84.6 cm³/mol. The standard InChI is InChI=1S/C16H35N3/c1-14(2)9-17-12-16(3,4)13-19(6)11-15-7-8-18(5)10-15/h14-15,17H,7-13H2,1-6H3. The Kier molecular flexibility index (Phi) is 6.78. The number of hydrogen-bond donors (Lipinski definition) is 1. The van der Waals surface area contributed by atoms with Gasteiger partial charge < -0.3 is 15.1 Å². The van der Waals surface area contributed by atoms with Crippen LogP contribution in [0.25, 0.3) is 0 Å². The van der Waals surface area contributed by atoms with Crippen LogP contribution in [0.2, 0.25) is 0 Å². The minimum Gasteiger partial charge on any atom is -0.316 e.